The second-order valence-electron chi connectivity index (χ2n) is 7.28. The Balaban J connectivity index is 1.82. The summed E-state index contributed by atoms with van der Waals surface area (Å²) in [5, 5.41) is 3.03. The number of sulfonamides is 1. The maximum Gasteiger partial charge on any atom is 0.266 e. The third-order valence-corrected chi connectivity index (χ3v) is 7.76. The Kier molecular flexibility index (Phi) is 6.63. The van der Waals surface area contributed by atoms with Gasteiger partial charge in [-0.15, -0.1) is 0 Å². The number of rotatable bonds is 7. The van der Waals surface area contributed by atoms with Gasteiger partial charge in [0.15, 0.2) is 0 Å². The van der Waals surface area contributed by atoms with Crippen LogP contribution in [0.3, 0.4) is 0 Å². The zero-order valence-corrected chi connectivity index (χ0v) is 18.1. The molecule has 29 heavy (non-hydrogen) atoms. The van der Waals surface area contributed by atoms with E-state index in [1.165, 1.54) is 37.9 Å². The molecule has 1 aliphatic rings. The van der Waals surface area contributed by atoms with Crippen molar-refractivity contribution in [1.29, 1.82) is 0 Å². The van der Waals surface area contributed by atoms with Gasteiger partial charge in [-0.25, -0.2) is 8.42 Å². The van der Waals surface area contributed by atoms with Crippen molar-refractivity contribution >= 4 is 27.5 Å². The van der Waals surface area contributed by atoms with Crippen molar-refractivity contribution in [1.82, 2.24) is 9.79 Å². The first-order valence-electron chi connectivity index (χ1n) is 9.46. The predicted octanol–water partition coefficient (Wildman–Crippen LogP) is 3.76. The monoisotopic (exact) mass is 436 g/mol. The summed E-state index contributed by atoms with van der Waals surface area (Å²) < 4.78 is 25.8. The molecule has 1 saturated carbocycles. The summed E-state index contributed by atoms with van der Waals surface area (Å²) in [5.74, 6) is -0.333. The number of halogens is 1. The van der Waals surface area contributed by atoms with Crippen LogP contribution in [0.25, 0.3) is 0 Å². The van der Waals surface area contributed by atoms with Crippen LogP contribution in [0.15, 0.2) is 53.4 Å². The highest BCUT2D eigenvalue weighted by atomic mass is 35.5. The Bertz CT molecular complexity index is 973. The number of hydroxylamine groups is 1. The molecule has 0 aromatic heterocycles. The van der Waals surface area contributed by atoms with E-state index in [-0.39, 0.29) is 26.8 Å². The van der Waals surface area contributed by atoms with Crippen molar-refractivity contribution in [2.24, 2.45) is 0 Å². The third kappa shape index (κ3) is 4.48. The van der Waals surface area contributed by atoms with Gasteiger partial charge < -0.3 is 5.32 Å². The molecule has 3 rings (SSSR count). The smallest absolute Gasteiger partial charge is 0.266 e. The van der Waals surface area contributed by atoms with Crippen LogP contribution < -0.4 is 5.32 Å². The number of benzene rings is 2. The number of hydrogen-bond acceptors (Lipinski definition) is 4. The molecule has 2 aromatic carbocycles. The van der Waals surface area contributed by atoms with E-state index in [4.69, 9.17) is 16.4 Å². The molecule has 0 atom stereocenters. The molecular formula is C21H25ClN2O4S. The maximum absolute atomic E-state index is 12.8. The molecular weight excluding hydrogens is 412 g/mol. The summed E-state index contributed by atoms with van der Waals surface area (Å²) in [6, 6.07) is 14.4. The Labute approximate surface area is 176 Å². The molecule has 156 valence electrons. The highest BCUT2D eigenvalue weighted by molar-refractivity contribution is 7.89. The molecule has 1 fully saturated rings. The number of hydrogen-bond donors (Lipinski definition) is 1. The van der Waals surface area contributed by atoms with E-state index in [9.17, 15) is 13.2 Å². The molecule has 1 amide bonds. The summed E-state index contributed by atoms with van der Waals surface area (Å²) in [6.45, 7) is 0.499. The second kappa shape index (κ2) is 8.83. The largest absolute Gasteiger partial charge is 0.351 e. The van der Waals surface area contributed by atoms with Crippen LogP contribution in [0.4, 0.5) is 0 Å². The lowest BCUT2D eigenvalue weighted by Gasteiger charge is -2.30. The van der Waals surface area contributed by atoms with Gasteiger partial charge in [0.1, 0.15) is 4.90 Å². The number of nitrogens with one attached hydrogen (secondary N) is 1. The molecule has 8 heteroatoms. The maximum atomic E-state index is 12.8. The highest BCUT2D eigenvalue weighted by Gasteiger charge is 2.36. The number of carbonyl (C=O) groups is 1. The van der Waals surface area contributed by atoms with Crippen molar-refractivity contribution in [3.05, 3.63) is 64.7 Å². The van der Waals surface area contributed by atoms with Crippen molar-refractivity contribution < 1.29 is 18.0 Å². The SMILES string of the molecule is CON(C)S(=O)(=O)c1cc(C(=O)NCC2(c3ccccc3)CCCC2)ccc1Cl. The molecule has 0 radical (unpaired) electrons. The van der Waals surface area contributed by atoms with Gasteiger partial charge in [-0.3, -0.25) is 9.63 Å². The van der Waals surface area contributed by atoms with E-state index < -0.39 is 10.0 Å². The highest BCUT2D eigenvalue weighted by Crippen LogP contribution is 2.40. The number of amides is 1. The summed E-state index contributed by atoms with van der Waals surface area (Å²) in [7, 11) is -1.45. The summed E-state index contributed by atoms with van der Waals surface area (Å²) in [6.07, 6.45) is 4.27. The fraction of sp³-hybridized carbons (Fsp3) is 0.381. The molecule has 0 spiro atoms. The van der Waals surface area contributed by atoms with E-state index in [0.717, 1.165) is 25.7 Å². The molecule has 0 unspecified atom stereocenters. The molecule has 1 aliphatic carbocycles. The van der Waals surface area contributed by atoms with Crippen molar-refractivity contribution in [2.45, 2.75) is 36.0 Å². The minimum absolute atomic E-state index is 0.0296. The second-order valence-corrected chi connectivity index (χ2v) is 9.59. The van der Waals surface area contributed by atoms with Crippen molar-refractivity contribution in [3.8, 4) is 0 Å². The lowest BCUT2D eigenvalue weighted by molar-refractivity contribution is -0.0258. The molecule has 0 heterocycles. The predicted molar refractivity (Wildman–Crippen MR) is 112 cm³/mol. The van der Waals surface area contributed by atoms with Gasteiger partial charge in [-0.1, -0.05) is 59.2 Å². The van der Waals surface area contributed by atoms with Crippen LogP contribution in [0.2, 0.25) is 5.02 Å². The topological polar surface area (TPSA) is 75.7 Å². The van der Waals surface area contributed by atoms with Crippen LogP contribution in [-0.2, 0) is 20.3 Å². The Morgan fingerprint density at radius 3 is 2.45 bits per heavy atom. The fourth-order valence-corrected chi connectivity index (χ4v) is 5.32. The van der Waals surface area contributed by atoms with Gasteiger partial charge in [-0.05, 0) is 36.6 Å². The van der Waals surface area contributed by atoms with Gasteiger partial charge in [0.2, 0.25) is 0 Å². The van der Waals surface area contributed by atoms with Gasteiger partial charge >= 0.3 is 0 Å². The van der Waals surface area contributed by atoms with Gasteiger partial charge in [0.25, 0.3) is 15.9 Å². The lowest BCUT2D eigenvalue weighted by Crippen LogP contribution is -2.39. The summed E-state index contributed by atoms with van der Waals surface area (Å²) >= 11 is 6.08. The van der Waals surface area contributed by atoms with Gasteiger partial charge in [0.05, 0.1) is 12.1 Å². The Hall–Kier alpha value is -1.93. The Morgan fingerprint density at radius 1 is 1.17 bits per heavy atom. The molecule has 0 saturated heterocycles. The quantitative estimate of drug-likeness (QED) is 0.670. The average molecular weight is 437 g/mol. The molecule has 2 aromatic rings. The van der Waals surface area contributed by atoms with Crippen LogP contribution >= 0.6 is 11.6 Å². The molecule has 0 aliphatic heterocycles. The fourth-order valence-electron chi connectivity index (χ4n) is 3.84. The zero-order valence-electron chi connectivity index (χ0n) is 16.5. The summed E-state index contributed by atoms with van der Waals surface area (Å²) in [5.41, 5.74) is 1.37. The number of carbonyl (C=O) groups excluding carboxylic acids is 1. The van der Waals surface area contributed by atoms with Crippen LogP contribution in [0, 0.1) is 0 Å². The molecule has 0 bridgehead atoms. The first kappa shape index (κ1) is 21.8. The molecule has 1 N–H and O–H groups in total. The Morgan fingerprint density at radius 2 is 1.83 bits per heavy atom. The van der Waals surface area contributed by atoms with E-state index in [0.29, 0.717) is 11.0 Å². The van der Waals surface area contributed by atoms with E-state index >= 15 is 0 Å². The average Bonchev–Trinajstić information content (AvgIpc) is 3.22. The lowest BCUT2D eigenvalue weighted by atomic mass is 9.79. The molecule has 6 nitrogen and oxygen atoms in total. The van der Waals surface area contributed by atoms with Crippen LogP contribution in [0.1, 0.15) is 41.6 Å². The first-order valence-corrected chi connectivity index (χ1v) is 11.3. The standard InChI is InChI=1S/C21H25ClN2O4S/c1-24(28-2)29(26,27)19-14-16(10-11-18(19)22)20(25)23-15-21(12-6-7-13-21)17-8-4-3-5-9-17/h3-5,8-11,14H,6-7,12-13,15H2,1-2H3,(H,23,25). The van der Waals surface area contributed by atoms with E-state index in [2.05, 4.69) is 17.4 Å². The van der Waals surface area contributed by atoms with Gasteiger partial charge in [-0.2, -0.15) is 0 Å². The van der Waals surface area contributed by atoms with E-state index in [1.807, 2.05) is 18.2 Å². The summed E-state index contributed by atoms with van der Waals surface area (Å²) in [4.78, 5) is 17.4. The number of nitrogens with zero attached hydrogens (tertiary/aromatic N) is 1. The zero-order chi connectivity index (χ0) is 21.1. The minimum Gasteiger partial charge on any atom is -0.351 e. The van der Waals surface area contributed by atoms with Gasteiger partial charge in [0, 0.05) is 24.6 Å². The van der Waals surface area contributed by atoms with Crippen LogP contribution in [-0.4, -0.2) is 39.5 Å². The van der Waals surface area contributed by atoms with Crippen LogP contribution in [0.5, 0.6) is 0 Å². The first-order chi connectivity index (χ1) is 13.8. The normalized spacial score (nSPS) is 16.1. The van der Waals surface area contributed by atoms with E-state index in [1.54, 1.807) is 0 Å². The third-order valence-electron chi connectivity index (χ3n) is 5.60. The minimum atomic E-state index is -3.96. The van der Waals surface area contributed by atoms with Crippen molar-refractivity contribution in [2.75, 3.05) is 20.7 Å². The van der Waals surface area contributed by atoms with Crippen molar-refractivity contribution in [3.63, 3.8) is 0 Å².